The monoisotopic (exact) mass is 141 g/mol. The first-order valence-electron chi connectivity index (χ1n) is 3.16. The van der Waals surface area contributed by atoms with Crippen LogP contribution in [0.25, 0.3) is 0 Å². The predicted octanol–water partition coefficient (Wildman–Crippen LogP) is 3.09. The van der Waals surface area contributed by atoms with Crippen LogP contribution in [0.15, 0.2) is 30.8 Å². The fourth-order valence-corrected chi connectivity index (χ4v) is 0. The van der Waals surface area contributed by atoms with Crippen LogP contribution in [-0.2, 0) is 0 Å². The molecule has 0 bridgehead atoms. The first-order chi connectivity index (χ1) is 4.68. The van der Waals surface area contributed by atoms with Gasteiger partial charge >= 0.3 is 0 Å². The molecule has 0 aliphatic rings. The first-order valence-corrected chi connectivity index (χ1v) is 3.16. The predicted molar refractivity (Wildman–Crippen MR) is 51.8 cm³/mol. The Balaban J connectivity index is -0.0000000847. The maximum atomic E-state index is 3.81. The Morgan fingerprint density at radius 3 is 1.40 bits per heavy atom. The van der Waals surface area contributed by atoms with Crippen LogP contribution in [0.2, 0.25) is 0 Å². The highest BCUT2D eigenvalue weighted by molar-refractivity contribution is 5.78. The molecule has 0 aliphatic carbocycles. The molecule has 0 heterocycles. The standard InChI is InChI=1S/C4H9N.C3H6.C2H4/c1-4(2)5-3;1-3-2;1-2/h1-3H3;3H,1H2,2H3;1-2H2. The maximum absolute atomic E-state index is 3.81. The van der Waals surface area contributed by atoms with E-state index in [0.717, 1.165) is 5.71 Å². The molecule has 0 aromatic carbocycles. The van der Waals surface area contributed by atoms with E-state index in [1.807, 2.05) is 20.8 Å². The third-order valence-electron chi connectivity index (χ3n) is 0.447. The van der Waals surface area contributed by atoms with Gasteiger partial charge < -0.3 is 0 Å². The highest BCUT2D eigenvalue weighted by Crippen LogP contribution is 1.63. The lowest BCUT2D eigenvalue weighted by Gasteiger charge is -1.74. The van der Waals surface area contributed by atoms with Crippen molar-refractivity contribution in [3.05, 3.63) is 25.8 Å². The number of rotatable bonds is 0. The van der Waals surface area contributed by atoms with Crippen molar-refractivity contribution in [3.63, 3.8) is 0 Å². The van der Waals surface area contributed by atoms with Gasteiger partial charge in [-0.15, -0.1) is 19.7 Å². The third-order valence-corrected chi connectivity index (χ3v) is 0.447. The van der Waals surface area contributed by atoms with Gasteiger partial charge in [0.05, 0.1) is 0 Å². The highest BCUT2D eigenvalue weighted by Gasteiger charge is 1.62. The van der Waals surface area contributed by atoms with Crippen LogP contribution in [0.5, 0.6) is 0 Å². The van der Waals surface area contributed by atoms with Crippen molar-refractivity contribution in [1.82, 2.24) is 0 Å². The topological polar surface area (TPSA) is 12.4 Å². The molecule has 0 aromatic heterocycles. The summed E-state index contributed by atoms with van der Waals surface area (Å²) in [5.74, 6) is 0. The van der Waals surface area contributed by atoms with Gasteiger partial charge in [0.1, 0.15) is 0 Å². The van der Waals surface area contributed by atoms with Crippen molar-refractivity contribution in [1.29, 1.82) is 0 Å². The second kappa shape index (κ2) is 24.2. The Morgan fingerprint density at radius 1 is 1.30 bits per heavy atom. The molecule has 0 aromatic rings. The van der Waals surface area contributed by atoms with E-state index in [9.17, 15) is 0 Å². The lowest BCUT2D eigenvalue weighted by atomic mass is 10.5. The number of hydrogen-bond acceptors (Lipinski definition) is 1. The molecule has 1 heteroatoms. The molecule has 0 saturated heterocycles. The molecular formula is C9H19N. The van der Waals surface area contributed by atoms with E-state index in [1.165, 1.54) is 0 Å². The molecular weight excluding hydrogens is 122 g/mol. The van der Waals surface area contributed by atoms with E-state index in [0.29, 0.717) is 0 Å². The van der Waals surface area contributed by atoms with Crippen LogP contribution in [0.4, 0.5) is 0 Å². The lowest BCUT2D eigenvalue weighted by Crippen LogP contribution is -1.74. The summed E-state index contributed by atoms with van der Waals surface area (Å²) in [7, 11) is 1.79. The van der Waals surface area contributed by atoms with Gasteiger partial charge in [-0.1, -0.05) is 6.08 Å². The van der Waals surface area contributed by atoms with E-state index in [4.69, 9.17) is 0 Å². The summed E-state index contributed by atoms with van der Waals surface area (Å²) < 4.78 is 0. The molecule has 0 rings (SSSR count). The second-order valence-electron chi connectivity index (χ2n) is 1.58. The van der Waals surface area contributed by atoms with Gasteiger partial charge in [-0.25, -0.2) is 0 Å². The van der Waals surface area contributed by atoms with Crippen molar-refractivity contribution in [2.45, 2.75) is 20.8 Å². The Bertz CT molecular complexity index is 78.7. The van der Waals surface area contributed by atoms with E-state index in [-0.39, 0.29) is 0 Å². The zero-order chi connectivity index (χ0) is 8.99. The maximum Gasteiger partial charge on any atom is 0.0276 e. The van der Waals surface area contributed by atoms with Crippen LogP contribution >= 0.6 is 0 Å². The zero-order valence-electron chi connectivity index (χ0n) is 7.65. The van der Waals surface area contributed by atoms with Crippen LogP contribution < -0.4 is 0 Å². The van der Waals surface area contributed by atoms with Gasteiger partial charge in [-0.2, -0.15) is 0 Å². The summed E-state index contributed by atoms with van der Waals surface area (Å²) in [5, 5.41) is 0. The fraction of sp³-hybridized carbons (Fsp3) is 0.444. The summed E-state index contributed by atoms with van der Waals surface area (Å²) in [6.45, 7) is 15.2. The summed E-state index contributed by atoms with van der Waals surface area (Å²) in [6.07, 6.45) is 1.75. The van der Waals surface area contributed by atoms with E-state index in [1.54, 1.807) is 13.1 Å². The van der Waals surface area contributed by atoms with Crippen molar-refractivity contribution < 1.29 is 0 Å². The molecule has 0 saturated carbocycles. The molecule has 1 nitrogen and oxygen atoms in total. The van der Waals surface area contributed by atoms with Gasteiger partial charge in [-0.05, 0) is 20.8 Å². The summed E-state index contributed by atoms with van der Waals surface area (Å²) >= 11 is 0. The molecule has 0 fully saturated rings. The minimum Gasteiger partial charge on any atom is -0.298 e. The van der Waals surface area contributed by atoms with Crippen molar-refractivity contribution in [2.24, 2.45) is 4.99 Å². The average molecular weight is 141 g/mol. The van der Waals surface area contributed by atoms with Crippen molar-refractivity contribution in [3.8, 4) is 0 Å². The first kappa shape index (κ1) is 16.1. The van der Waals surface area contributed by atoms with Crippen molar-refractivity contribution >= 4 is 5.71 Å². The van der Waals surface area contributed by atoms with Gasteiger partial charge in [-0.3, -0.25) is 4.99 Å². The minimum atomic E-state index is 1.13. The molecule has 0 unspecified atom stereocenters. The molecule has 0 radical (unpaired) electrons. The summed E-state index contributed by atoms with van der Waals surface area (Å²) in [5.41, 5.74) is 1.13. The van der Waals surface area contributed by atoms with Gasteiger partial charge in [0, 0.05) is 12.8 Å². The van der Waals surface area contributed by atoms with E-state index >= 15 is 0 Å². The number of aliphatic imine (C=N–C) groups is 1. The molecule has 0 aliphatic heterocycles. The third kappa shape index (κ3) is 204. The Morgan fingerprint density at radius 2 is 1.40 bits per heavy atom. The lowest BCUT2D eigenvalue weighted by molar-refractivity contribution is 1.41. The van der Waals surface area contributed by atoms with Crippen LogP contribution in [0.1, 0.15) is 20.8 Å². The fourth-order valence-electron chi connectivity index (χ4n) is 0. The minimum absolute atomic E-state index is 1.13. The van der Waals surface area contributed by atoms with Gasteiger partial charge in [0.2, 0.25) is 0 Å². The quantitative estimate of drug-likeness (QED) is 0.363. The molecule has 0 atom stereocenters. The normalized spacial score (nSPS) is 5.20. The SMILES string of the molecule is C=C.C=CC.CN=C(C)C. The van der Waals surface area contributed by atoms with Crippen LogP contribution in [0.3, 0.4) is 0 Å². The summed E-state index contributed by atoms with van der Waals surface area (Å²) in [4.78, 5) is 3.81. The highest BCUT2D eigenvalue weighted by atomic mass is 14.7. The van der Waals surface area contributed by atoms with Crippen molar-refractivity contribution in [2.75, 3.05) is 7.05 Å². The van der Waals surface area contributed by atoms with E-state index in [2.05, 4.69) is 24.7 Å². The summed E-state index contributed by atoms with van der Waals surface area (Å²) in [6, 6.07) is 0. The second-order valence-corrected chi connectivity index (χ2v) is 1.58. The van der Waals surface area contributed by atoms with Crippen LogP contribution in [-0.4, -0.2) is 12.8 Å². The Labute approximate surface area is 65.2 Å². The number of hydrogen-bond donors (Lipinski definition) is 0. The molecule has 10 heavy (non-hydrogen) atoms. The Kier molecular flexibility index (Phi) is 38.9. The van der Waals surface area contributed by atoms with Gasteiger partial charge in [0.25, 0.3) is 0 Å². The molecule has 0 spiro atoms. The average Bonchev–Trinajstić information content (AvgIpc) is 1.94. The largest absolute Gasteiger partial charge is 0.298 e. The molecule has 60 valence electrons. The zero-order valence-corrected chi connectivity index (χ0v) is 7.65. The smallest absolute Gasteiger partial charge is 0.0276 e. The van der Waals surface area contributed by atoms with Crippen LogP contribution in [0, 0.1) is 0 Å². The molecule has 0 N–H and O–H groups in total. The number of allylic oxidation sites excluding steroid dienone is 1. The van der Waals surface area contributed by atoms with Gasteiger partial charge in [0.15, 0.2) is 0 Å². The van der Waals surface area contributed by atoms with E-state index < -0.39 is 0 Å². The molecule has 0 amide bonds. The Hall–Kier alpha value is -0.850. The number of nitrogens with zero attached hydrogens (tertiary/aromatic N) is 1.